The first-order valence-corrected chi connectivity index (χ1v) is 13.2. The standard InChI is InChI=1S/C30H24Cl2F3NO5/c1-28(2)23(25(29(31,32)30(33,34)35)41-26(37)18-10-5-3-6-11-18)24(28)27(38)40-22(17-36)19-12-9-15-21(16-19)39-20-13-7-4-8-14-20/h3-16,22-25H,1-2H3. The quantitative estimate of drug-likeness (QED) is 0.182. The van der Waals surface area contributed by atoms with Crippen molar-refractivity contribution < 1.29 is 37.0 Å². The van der Waals surface area contributed by atoms with E-state index in [1.807, 2.05) is 12.1 Å². The Kier molecular flexibility index (Phi) is 8.57. The van der Waals surface area contributed by atoms with Crippen LogP contribution in [0.3, 0.4) is 0 Å². The summed E-state index contributed by atoms with van der Waals surface area (Å²) in [6.45, 7) is 3.01. The van der Waals surface area contributed by atoms with Crippen LogP contribution in [0.5, 0.6) is 11.5 Å². The van der Waals surface area contributed by atoms with Gasteiger partial charge in [0, 0.05) is 11.5 Å². The summed E-state index contributed by atoms with van der Waals surface area (Å²) in [7, 11) is 0. The molecule has 0 saturated heterocycles. The third kappa shape index (κ3) is 6.45. The SMILES string of the molecule is CC1(C)C(C(=O)OC(C#N)c2cccc(Oc3ccccc3)c2)C1C(OC(=O)c1ccccc1)C(Cl)(Cl)C(F)(F)F. The normalized spacial score (nSPS) is 19.3. The molecular weight excluding hydrogens is 582 g/mol. The molecule has 3 aromatic rings. The molecule has 0 amide bonds. The van der Waals surface area contributed by atoms with Gasteiger partial charge in [-0.2, -0.15) is 18.4 Å². The van der Waals surface area contributed by atoms with Crippen LogP contribution in [0.15, 0.2) is 84.9 Å². The van der Waals surface area contributed by atoms with Crippen LogP contribution < -0.4 is 4.74 Å². The third-order valence-corrected chi connectivity index (χ3v) is 7.82. The second-order valence-corrected chi connectivity index (χ2v) is 11.5. The molecule has 1 fully saturated rings. The predicted octanol–water partition coefficient (Wildman–Crippen LogP) is 7.82. The summed E-state index contributed by atoms with van der Waals surface area (Å²) in [5.74, 6) is -3.62. The molecule has 1 aliphatic rings. The number of ether oxygens (including phenoxy) is 3. The number of carbonyl (C=O) groups excluding carboxylic acids is 2. The van der Waals surface area contributed by atoms with Crippen LogP contribution in [-0.4, -0.2) is 28.6 Å². The molecule has 0 bridgehead atoms. The Morgan fingerprint density at radius 2 is 1.49 bits per heavy atom. The van der Waals surface area contributed by atoms with Crippen LogP contribution in [0.1, 0.15) is 35.9 Å². The van der Waals surface area contributed by atoms with Gasteiger partial charge in [-0.25, -0.2) is 4.79 Å². The van der Waals surface area contributed by atoms with Crippen LogP contribution in [-0.2, 0) is 14.3 Å². The van der Waals surface area contributed by atoms with E-state index < -0.39 is 51.9 Å². The maximum absolute atomic E-state index is 14.0. The van der Waals surface area contributed by atoms with E-state index in [0.717, 1.165) is 0 Å². The average molecular weight is 606 g/mol. The molecule has 4 atom stereocenters. The summed E-state index contributed by atoms with van der Waals surface area (Å²) in [5, 5.41) is 9.77. The second-order valence-electron chi connectivity index (χ2n) is 10.1. The first kappa shape index (κ1) is 30.2. The van der Waals surface area contributed by atoms with E-state index in [-0.39, 0.29) is 11.1 Å². The predicted molar refractivity (Wildman–Crippen MR) is 144 cm³/mol. The number of nitriles is 1. The van der Waals surface area contributed by atoms with Gasteiger partial charge in [-0.05, 0) is 41.8 Å². The highest BCUT2D eigenvalue weighted by molar-refractivity contribution is 6.49. The second kappa shape index (κ2) is 11.6. The molecule has 0 aromatic heterocycles. The molecule has 0 N–H and O–H groups in total. The van der Waals surface area contributed by atoms with Crippen molar-refractivity contribution in [3.63, 3.8) is 0 Å². The molecule has 4 rings (SSSR count). The molecule has 1 saturated carbocycles. The maximum atomic E-state index is 14.0. The molecule has 0 aliphatic heterocycles. The van der Waals surface area contributed by atoms with Crippen molar-refractivity contribution >= 4 is 35.1 Å². The number of nitrogens with zero attached hydrogens (tertiary/aromatic N) is 1. The minimum Gasteiger partial charge on any atom is -0.457 e. The zero-order valence-corrected chi connectivity index (χ0v) is 23.3. The van der Waals surface area contributed by atoms with Crippen LogP contribution in [0, 0.1) is 28.6 Å². The largest absolute Gasteiger partial charge is 0.457 e. The molecule has 11 heteroatoms. The number of benzene rings is 3. The average Bonchev–Trinajstić information content (AvgIpc) is 3.51. The summed E-state index contributed by atoms with van der Waals surface area (Å²) < 4.78 is 54.8. The number of hydrogen-bond acceptors (Lipinski definition) is 6. The number of para-hydroxylation sites is 1. The van der Waals surface area contributed by atoms with Crippen LogP contribution >= 0.6 is 23.2 Å². The fourth-order valence-electron chi connectivity index (χ4n) is 4.71. The topological polar surface area (TPSA) is 85.6 Å². The molecule has 41 heavy (non-hydrogen) atoms. The molecule has 214 valence electrons. The van der Waals surface area contributed by atoms with Crippen molar-refractivity contribution in [1.82, 2.24) is 0 Å². The van der Waals surface area contributed by atoms with Crippen molar-refractivity contribution in [1.29, 1.82) is 5.26 Å². The van der Waals surface area contributed by atoms with Gasteiger partial charge in [0.1, 0.15) is 23.7 Å². The monoisotopic (exact) mass is 605 g/mol. The molecule has 0 heterocycles. The Balaban J connectivity index is 1.56. The minimum atomic E-state index is -5.21. The highest BCUT2D eigenvalue weighted by Gasteiger charge is 2.74. The van der Waals surface area contributed by atoms with E-state index in [1.54, 1.807) is 48.5 Å². The van der Waals surface area contributed by atoms with E-state index in [9.17, 15) is 28.0 Å². The number of hydrogen-bond donors (Lipinski definition) is 0. The van der Waals surface area contributed by atoms with Gasteiger partial charge in [0.05, 0.1) is 11.5 Å². The first-order valence-electron chi connectivity index (χ1n) is 12.4. The molecule has 3 aromatic carbocycles. The van der Waals surface area contributed by atoms with Crippen molar-refractivity contribution in [3.05, 3.63) is 96.1 Å². The van der Waals surface area contributed by atoms with E-state index >= 15 is 0 Å². The van der Waals surface area contributed by atoms with Crippen molar-refractivity contribution in [2.75, 3.05) is 0 Å². The summed E-state index contributed by atoms with van der Waals surface area (Å²) in [6.07, 6.45) is -8.77. The highest BCUT2D eigenvalue weighted by atomic mass is 35.5. The maximum Gasteiger partial charge on any atom is 0.425 e. The van der Waals surface area contributed by atoms with E-state index in [4.69, 9.17) is 37.4 Å². The van der Waals surface area contributed by atoms with Gasteiger partial charge in [-0.1, -0.05) is 85.6 Å². The van der Waals surface area contributed by atoms with Gasteiger partial charge < -0.3 is 14.2 Å². The van der Waals surface area contributed by atoms with Crippen molar-refractivity contribution in [2.24, 2.45) is 17.3 Å². The molecule has 6 nitrogen and oxygen atoms in total. The van der Waals surface area contributed by atoms with Gasteiger partial charge in [-0.15, -0.1) is 0 Å². The van der Waals surface area contributed by atoms with Crippen molar-refractivity contribution in [3.8, 4) is 17.6 Å². The molecule has 1 aliphatic carbocycles. The van der Waals surface area contributed by atoms with Crippen LogP contribution in [0.2, 0.25) is 0 Å². The van der Waals surface area contributed by atoms with Gasteiger partial charge in [0.2, 0.25) is 10.4 Å². The van der Waals surface area contributed by atoms with Gasteiger partial charge in [-0.3, -0.25) is 4.79 Å². The zero-order chi connectivity index (χ0) is 30.0. The molecule has 4 unspecified atom stereocenters. The van der Waals surface area contributed by atoms with Crippen LogP contribution in [0.4, 0.5) is 13.2 Å². The van der Waals surface area contributed by atoms with E-state index in [0.29, 0.717) is 11.5 Å². The van der Waals surface area contributed by atoms with E-state index in [1.165, 1.54) is 44.2 Å². The van der Waals surface area contributed by atoms with Gasteiger partial charge in [0.15, 0.2) is 0 Å². The van der Waals surface area contributed by atoms with Crippen molar-refractivity contribution in [2.45, 2.75) is 36.6 Å². The minimum absolute atomic E-state index is 0.0245. The summed E-state index contributed by atoms with van der Waals surface area (Å²) in [5.41, 5.74) is -0.906. The fourth-order valence-corrected chi connectivity index (χ4v) is 5.07. The number of rotatable bonds is 9. The Bertz CT molecular complexity index is 1440. The van der Waals surface area contributed by atoms with E-state index in [2.05, 4.69) is 0 Å². The number of esters is 2. The number of carbonyl (C=O) groups is 2. The Labute approximate surface area is 244 Å². The zero-order valence-electron chi connectivity index (χ0n) is 21.8. The van der Waals surface area contributed by atoms with Crippen LogP contribution in [0.25, 0.3) is 0 Å². The summed E-state index contributed by atoms with van der Waals surface area (Å²) in [4.78, 5) is 26.0. The first-order chi connectivity index (χ1) is 19.3. The highest BCUT2D eigenvalue weighted by Crippen LogP contribution is 2.65. The lowest BCUT2D eigenvalue weighted by atomic mass is 10.0. The lowest BCUT2D eigenvalue weighted by Gasteiger charge is -2.32. The molecule has 0 spiro atoms. The number of halogens is 5. The third-order valence-electron chi connectivity index (χ3n) is 6.96. The lowest BCUT2D eigenvalue weighted by Crippen LogP contribution is -2.49. The fraction of sp³-hybridized carbons (Fsp3) is 0.300. The smallest absolute Gasteiger partial charge is 0.425 e. The summed E-state index contributed by atoms with van der Waals surface area (Å²) in [6, 6.07) is 24.4. The molecule has 0 radical (unpaired) electrons. The Morgan fingerprint density at radius 1 is 0.902 bits per heavy atom. The van der Waals surface area contributed by atoms with Gasteiger partial charge >= 0.3 is 18.1 Å². The van der Waals surface area contributed by atoms with Gasteiger partial charge in [0.25, 0.3) is 0 Å². The summed E-state index contributed by atoms with van der Waals surface area (Å²) >= 11 is 11.6. The number of alkyl halides is 5. The Morgan fingerprint density at radius 3 is 2.07 bits per heavy atom. The molecular formula is C30H24Cl2F3NO5. The Hall–Kier alpha value is -3.74. The lowest BCUT2D eigenvalue weighted by molar-refractivity contribution is -0.167.